The van der Waals surface area contributed by atoms with E-state index in [4.69, 9.17) is 0 Å². The summed E-state index contributed by atoms with van der Waals surface area (Å²) in [6.45, 7) is 4.13. The number of carbonyl (C=O) groups is 1. The standard InChI is InChI=1S/C12H18F3NO/c1-6-3-7(2)10-9(6)4-8(11(17)16-10)5-12(13,14)15/h6-10H,3-5H2,1-2H3,(H,16,17). The fourth-order valence-corrected chi connectivity index (χ4v) is 3.49. The molecule has 1 saturated heterocycles. The van der Waals surface area contributed by atoms with E-state index in [1.165, 1.54) is 0 Å². The van der Waals surface area contributed by atoms with E-state index in [0.29, 0.717) is 18.3 Å². The van der Waals surface area contributed by atoms with Crippen LogP contribution < -0.4 is 5.32 Å². The smallest absolute Gasteiger partial charge is 0.353 e. The van der Waals surface area contributed by atoms with E-state index in [1.807, 2.05) is 0 Å². The first kappa shape index (κ1) is 12.7. The lowest BCUT2D eigenvalue weighted by Gasteiger charge is -2.35. The van der Waals surface area contributed by atoms with E-state index in [-0.39, 0.29) is 12.0 Å². The van der Waals surface area contributed by atoms with Gasteiger partial charge >= 0.3 is 6.18 Å². The molecular formula is C12H18F3NO. The Bertz CT molecular complexity index is 315. The highest BCUT2D eigenvalue weighted by atomic mass is 19.4. The molecule has 1 aliphatic heterocycles. The molecule has 2 aliphatic rings. The molecule has 1 heterocycles. The van der Waals surface area contributed by atoms with Gasteiger partial charge in [-0.3, -0.25) is 4.79 Å². The van der Waals surface area contributed by atoms with E-state index in [1.54, 1.807) is 0 Å². The molecule has 1 N–H and O–H groups in total. The van der Waals surface area contributed by atoms with Crippen LogP contribution in [0.25, 0.3) is 0 Å². The van der Waals surface area contributed by atoms with Crippen LogP contribution in [0.4, 0.5) is 13.2 Å². The minimum atomic E-state index is -4.25. The Balaban J connectivity index is 2.07. The van der Waals surface area contributed by atoms with E-state index >= 15 is 0 Å². The van der Waals surface area contributed by atoms with Crippen molar-refractivity contribution in [3.8, 4) is 0 Å². The summed E-state index contributed by atoms with van der Waals surface area (Å²) in [4.78, 5) is 11.7. The molecule has 17 heavy (non-hydrogen) atoms. The SMILES string of the molecule is CC1CC(C)C2NC(=O)C(CC(F)(F)F)CC12. The molecule has 0 aromatic carbocycles. The van der Waals surface area contributed by atoms with Crippen molar-refractivity contribution in [1.82, 2.24) is 5.32 Å². The number of halogens is 3. The minimum absolute atomic E-state index is 0.0852. The predicted molar refractivity (Wildman–Crippen MR) is 57.1 cm³/mol. The molecule has 5 unspecified atom stereocenters. The van der Waals surface area contributed by atoms with E-state index in [0.717, 1.165) is 6.42 Å². The van der Waals surface area contributed by atoms with Gasteiger partial charge in [-0.05, 0) is 30.6 Å². The van der Waals surface area contributed by atoms with Crippen molar-refractivity contribution in [1.29, 1.82) is 0 Å². The van der Waals surface area contributed by atoms with Crippen LogP contribution in [0.15, 0.2) is 0 Å². The molecule has 2 rings (SSSR count). The quantitative estimate of drug-likeness (QED) is 0.760. The molecule has 98 valence electrons. The van der Waals surface area contributed by atoms with Gasteiger partial charge in [0, 0.05) is 12.0 Å². The molecule has 5 heteroatoms. The van der Waals surface area contributed by atoms with Gasteiger partial charge in [0.25, 0.3) is 0 Å². The van der Waals surface area contributed by atoms with Crippen molar-refractivity contribution in [2.45, 2.75) is 45.3 Å². The van der Waals surface area contributed by atoms with Gasteiger partial charge in [0.2, 0.25) is 5.91 Å². The average Bonchev–Trinajstić information content (AvgIpc) is 2.42. The van der Waals surface area contributed by atoms with E-state index in [2.05, 4.69) is 19.2 Å². The number of carbonyl (C=O) groups excluding carboxylic acids is 1. The van der Waals surface area contributed by atoms with Crippen molar-refractivity contribution in [2.24, 2.45) is 23.7 Å². The Hall–Kier alpha value is -0.740. The first-order valence-corrected chi connectivity index (χ1v) is 6.15. The number of alkyl halides is 3. The van der Waals surface area contributed by atoms with Crippen LogP contribution in [-0.4, -0.2) is 18.1 Å². The maximum atomic E-state index is 12.4. The summed E-state index contributed by atoms with van der Waals surface area (Å²) in [7, 11) is 0. The van der Waals surface area contributed by atoms with Gasteiger partial charge in [-0.25, -0.2) is 0 Å². The first-order chi connectivity index (χ1) is 7.78. The lowest BCUT2D eigenvalue weighted by molar-refractivity contribution is -0.159. The van der Waals surface area contributed by atoms with Crippen LogP contribution in [0.1, 0.15) is 33.1 Å². The summed E-state index contributed by atoms with van der Waals surface area (Å²) in [5.74, 6) is -0.291. The second-order valence-corrected chi connectivity index (χ2v) is 5.64. The van der Waals surface area contributed by atoms with Crippen LogP contribution in [0.2, 0.25) is 0 Å². The van der Waals surface area contributed by atoms with Crippen molar-refractivity contribution in [3.63, 3.8) is 0 Å². The number of fused-ring (bicyclic) bond motifs is 1. The fourth-order valence-electron chi connectivity index (χ4n) is 3.49. The molecule has 1 saturated carbocycles. The van der Waals surface area contributed by atoms with Gasteiger partial charge < -0.3 is 5.32 Å². The Morgan fingerprint density at radius 2 is 1.88 bits per heavy atom. The van der Waals surface area contributed by atoms with Gasteiger partial charge in [0.15, 0.2) is 0 Å². The molecule has 2 fully saturated rings. The van der Waals surface area contributed by atoms with Gasteiger partial charge in [0.05, 0.1) is 6.42 Å². The van der Waals surface area contributed by atoms with Crippen molar-refractivity contribution in [3.05, 3.63) is 0 Å². The van der Waals surface area contributed by atoms with Gasteiger partial charge in [-0.1, -0.05) is 13.8 Å². The van der Waals surface area contributed by atoms with Crippen LogP contribution in [0.3, 0.4) is 0 Å². The summed E-state index contributed by atoms with van der Waals surface area (Å²) < 4.78 is 37.1. The number of piperidine rings is 1. The maximum absolute atomic E-state index is 12.4. The topological polar surface area (TPSA) is 29.1 Å². The molecule has 5 atom stereocenters. The summed E-state index contributed by atoms with van der Waals surface area (Å²) >= 11 is 0. The number of hydrogen-bond donors (Lipinski definition) is 1. The van der Waals surface area contributed by atoms with Gasteiger partial charge in [0.1, 0.15) is 0 Å². The fraction of sp³-hybridized carbons (Fsp3) is 0.917. The summed E-state index contributed by atoms with van der Waals surface area (Å²) in [5, 5.41) is 2.79. The van der Waals surface area contributed by atoms with Gasteiger partial charge in [-0.2, -0.15) is 13.2 Å². The Labute approximate surface area is 98.9 Å². The second kappa shape index (κ2) is 4.18. The van der Waals surface area contributed by atoms with Crippen molar-refractivity contribution < 1.29 is 18.0 Å². The molecule has 0 aromatic heterocycles. The van der Waals surface area contributed by atoms with Crippen molar-refractivity contribution >= 4 is 5.91 Å². The summed E-state index contributed by atoms with van der Waals surface area (Å²) in [6, 6.07) is 0.0852. The zero-order chi connectivity index (χ0) is 12.8. The second-order valence-electron chi connectivity index (χ2n) is 5.64. The average molecular weight is 249 g/mol. The van der Waals surface area contributed by atoms with Crippen molar-refractivity contribution in [2.75, 3.05) is 0 Å². The zero-order valence-electron chi connectivity index (χ0n) is 10.1. The minimum Gasteiger partial charge on any atom is -0.353 e. The van der Waals surface area contributed by atoms with Crippen LogP contribution >= 0.6 is 0 Å². The van der Waals surface area contributed by atoms with Crippen LogP contribution in [0, 0.1) is 23.7 Å². The van der Waals surface area contributed by atoms with Gasteiger partial charge in [-0.15, -0.1) is 0 Å². The largest absolute Gasteiger partial charge is 0.389 e. The highest BCUT2D eigenvalue weighted by Gasteiger charge is 2.47. The van der Waals surface area contributed by atoms with Crippen LogP contribution in [0.5, 0.6) is 0 Å². The summed E-state index contributed by atoms with van der Waals surface area (Å²) in [5.41, 5.74) is 0. The Morgan fingerprint density at radius 1 is 1.24 bits per heavy atom. The number of amides is 1. The molecule has 1 amide bonds. The molecule has 0 spiro atoms. The highest BCUT2D eigenvalue weighted by Crippen LogP contribution is 2.44. The van der Waals surface area contributed by atoms with Crippen LogP contribution in [-0.2, 0) is 4.79 Å². The maximum Gasteiger partial charge on any atom is 0.389 e. The molecule has 2 nitrogen and oxygen atoms in total. The van der Waals surface area contributed by atoms with E-state index in [9.17, 15) is 18.0 Å². The first-order valence-electron chi connectivity index (χ1n) is 6.15. The van der Waals surface area contributed by atoms with E-state index < -0.39 is 24.4 Å². The third-order valence-electron chi connectivity index (χ3n) is 4.26. The Morgan fingerprint density at radius 3 is 2.47 bits per heavy atom. The lowest BCUT2D eigenvalue weighted by atomic mass is 9.80. The predicted octanol–water partition coefficient (Wildman–Crippen LogP) is 2.74. The zero-order valence-corrected chi connectivity index (χ0v) is 10.1. The normalized spacial score (nSPS) is 42.2. The lowest BCUT2D eigenvalue weighted by Crippen LogP contribution is -2.50. The third kappa shape index (κ3) is 2.58. The number of hydrogen-bond acceptors (Lipinski definition) is 1. The monoisotopic (exact) mass is 249 g/mol. The molecule has 1 aliphatic carbocycles. The third-order valence-corrected chi connectivity index (χ3v) is 4.26. The Kier molecular flexibility index (Phi) is 3.12. The highest BCUT2D eigenvalue weighted by molar-refractivity contribution is 5.80. The molecule has 0 radical (unpaired) electrons. The molecular weight excluding hydrogens is 231 g/mol. The number of nitrogens with one attached hydrogen (secondary N) is 1. The molecule has 0 bridgehead atoms. The molecule has 0 aromatic rings. The summed E-state index contributed by atoms with van der Waals surface area (Å²) in [6.07, 6.45) is -3.85. The number of rotatable bonds is 1.